The highest BCUT2D eigenvalue weighted by molar-refractivity contribution is 5.90. The minimum Gasteiger partial charge on any atom is -0.508 e. The quantitative estimate of drug-likeness (QED) is 0.169. The molecule has 0 aliphatic rings. The fraction of sp³-hybridized carbons (Fsp3) is 0.367. The summed E-state index contributed by atoms with van der Waals surface area (Å²) in [5, 5.41) is 10.8. The molecule has 1 aromatic heterocycles. The molecule has 184 valence electrons. The SMILES string of the molecule is CN(CCCCCCCCCOc1ccc2c(=O)c3ccccc3oc2c1)Cc1cccc(O)c1. The molecule has 0 aliphatic carbocycles. The Hall–Kier alpha value is -3.31. The lowest BCUT2D eigenvalue weighted by molar-refractivity contribution is 0.303. The highest BCUT2D eigenvalue weighted by atomic mass is 16.5. The molecule has 0 aliphatic heterocycles. The van der Waals surface area contributed by atoms with Crippen molar-refractivity contribution in [3.8, 4) is 11.5 Å². The molecule has 4 rings (SSSR count). The van der Waals surface area contributed by atoms with Crippen LogP contribution in [0.3, 0.4) is 0 Å². The van der Waals surface area contributed by atoms with Gasteiger partial charge in [-0.2, -0.15) is 0 Å². The monoisotopic (exact) mass is 473 g/mol. The van der Waals surface area contributed by atoms with Crippen LogP contribution in [0.2, 0.25) is 0 Å². The molecular formula is C30H35NO4. The summed E-state index contributed by atoms with van der Waals surface area (Å²) in [5.41, 5.74) is 2.32. The normalized spacial score (nSPS) is 11.5. The van der Waals surface area contributed by atoms with E-state index in [0.29, 0.717) is 34.3 Å². The van der Waals surface area contributed by atoms with Gasteiger partial charge in [-0.15, -0.1) is 0 Å². The Labute approximate surface area is 207 Å². The number of phenolic OH excluding ortho intramolecular Hbond substituents is 1. The van der Waals surface area contributed by atoms with Gasteiger partial charge in [0.1, 0.15) is 22.7 Å². The van der Waals surface area contributed by atoms with Gasteiger partial charge in [0.15, 0.2) is 0 Å². The van der Waals surface area contributed by atoms with Gasteiger partial charge >= 0.3 is 0 Å². The van der Waals surface area contributed by atoms with E-state index in [1.807, 2.05) is 42.5 Å². The van der Waals surface area contributed by atoms with Crippen molar-refractivity contribution in [2.75, 3.05) is 20.2 Å². The highest BCUT2D eigenvalue weighted by Gasteiger charge is 2.08. The Kier molecular flexibility index (Phi) is 8.79. The zero-order valence-electron chi connectivity index (χ0n) is 20.5. The number of phenols is 1. The van der Waals surface area contributed by atoms with E-state index in [2.05, 4.69) is 18.0 Å². The lowest BCUT2D eigenvalue weighted by Crippen LogP contribution is -2.18. The molecule has 0 saturated carbocycles. The summed E-state index contributed by atoms with van der Waals surface area (Å²) in [6, 6.07) is 20.3. The maximum atomic E-state index is 12.6. The number of ether oxygens (including phenoxy) is 1. The van der Waals surface area contributed by atoms with E-state index >= 15 is 0 Å². The van der Waals surface area contributed by atoms with Gasteiger partial charge < -0.3 is 19.2 Å². The lowest BCUT2D eigenvalue weighted by Gasteiger charge is -2.16. The van der Waals surface area contributed by atoms with E-state index in [1.54, 1.807) is 18.2 Å². The van der Waals surface area contributed by atoms with Gasteiger partial charge in [0.2, 0.25) is 5.43 Å². The first-order valence-corrected chi connectivity index (χ1v) is 12.6. The largest absolute Gasteiger partial charge is 0.508 e. The molecule has 4 aromatic rings. The van der Waals surface area contributed by atoms with Crippen molar-refractivity contribution in [3.05, 3.63) is 82.5 Å². The zero-order chi connectivity index (χ0) is 24.5. The van der Waals surface area contributed by atoms with Crippen molar-refractivity contribution < 1.29 is 14.3 Å². The van der Waals surface area contributed by atoms with E-state index in [0.717, 1.165) is 37.2 Å². The van der Waals surface area contributed by atoms with Crippen LogP contribution in [0.25, 0.3) is 21.9 Å². The summed E-state index contributed by atoms with van der Waals surface area (Å²) in [4.78, 5) is 14.9. The molecule has 0 atom stereocenters. The predicted molar refractivity (Wildman–Crippen MR) is 142 cm³/mol. The van der Waals surface area contributed by atoms with Crippen molar-refractivity contribution in [2.24, 2.45) is 0 Å². The van der Waals surface area contributed by atoms with Gasteiger partial charge in [0.25, 0.3) is 0 Å². The number of unbranched alkanes of at least 4 members (excludes halogenated alkanes) is 6. The third kappa shape index (κ3) is 7.09. The summed E-state index contributed by atoms with van der Waals surface area (Å²) in [7, 11) is 2.13. The Balaban J connectivity index is 1.08. The van der Waals surface area contributed by atoms with Crippen molar-refractivity contribution in [3.63, 3.8) is 0 Å². The maximum absolute atomic E-state index is 12.6. The van der Waals surface area contributed by atoms with Crippen LogP contribution in [0.1, 0.15) is 50.5 Å². The zero-order valence-corrected chi connectivity index (χ0v) is 20.5. The molecule has 0 bridgehead atoms. The van der Waals surface area contributed by atoms with Crippen LogP contribution in [-0.2, 0) is 6.54 Å². The number of hydrogen-bond donors (Lipinski definition) is 1. The number of para-hydroxylation sites is 1. The molecule has 0 radical (unpaired) electrons. The third-order valence-electron chi connectivity index (χ3n) is 6.37. The number of rotatable bonds is 13. The van der Waals surface area contributed by atoms with Gasteiger partial charge in [0, 0.05) is 12.6 Å². The molecule has 0 fully saturated rings. The van der Waals surface area contributed by atoms with Crippen LogP contribution in [0.5, 0.6) is 11.5 Å². The summed E-state index contributed by atoms with van der Waals surface area (Å²) >= 11 is 0. The number of aromatic hydroxyl groups is 1. The number of nitrogens with zero attached hydrogens (tertiary/aromatic N) is 1. The third-order valence-corrected chi connectivity index (χ3v) is 6.37. The van der Waals surface area contributed by atoms with Crippen LogP contribution in [0.4, 0.5) is 0 Å². The van der Waals surface area contributed by atoms with Crippen LogP contribution >= 0.6 is 0 Å². The van der Waals surface area contributed by atoms with Crippen molar-refractivity contribution >= 4 is 21.9 Å². The van der Waals surface area contributed by atoms with Crippen LogP contribution in [0, 0.1) is 0 Å². The van der Waals surface area contributed by atoms with Gasteiger partial charge in [-0.05, 0) is 68.4 Å². The summed E-state index contributed by atoms with van der Waals surface area (Å²) in [5.74, 6) is 1.08. The van der Waals surface area contributed by atoms with Crippen LogP contribution in [0.15, 0.2) is 75.9 Å². The second-order valence-corrected chi connectivity index (χ2v) is 9.32. The van der Waals surface area contributed by atoms with Crippen LogP contribution < -0.4 is 10.2 Å². The molecule has 0 amide bonds. The van der Waals surface area contributed by atoms with Crippen molar-refractivity contribution in [1.29, 1.82) is 0 Å². The fourth-order valence-corrected chi connectivity index (χ4v) is 4.47. The molecule has 35 heavy (non-hydrogen) atoms. The smallest absolute Gasteiger partial charge is 0.200 e. The fourth-order valence-electron chi connectivity index (χ4n) is 4.47. The molecule has 0 spiro atoms. The lowest BCUT2D eigenvalue weighted by atomic mass is 10.1. The van der Waals surface area contributed by atoms with Crippen molar-refractivity contribution in [2.45, 2.75) is 51.5 Å². The molecule has 1 N–H and O–H groups in total. The van der Waals surface area contributed by atoms with E-state index < -0.39 is 0 Å². The maximum Gasteiger partial charge on any atom is 0.200 e. The first-order valence-electron chi connectivity index (χ1n) is 12.6. The molecule has 3 aromatic carbocycles. The number of benzene rings is 3. The Bertz CT molecular complexity index is 1300. The molecule has 5 heteroatoms. The molecule has 5 nitrogen and oxygen atoms in total. The Morgan fingerprint density at radius 3 is 2.37 bits per heavy atom. The van der Waals surface area contributed by atoms with E-state index in [9.17, 15) is 9.90 Å². The molecule has 0 saturated heterocycles. The predicted octanol–water partition coefficient (Wildman–Crippen LogP) is 6.89. The van der Waals surface area contributed by atoms with Gasteiger partial charge in [-0.1, -0.05) is 56.4 Å². The Morgan fingerprint density at radius 1 is 0.800 bits per heavy atom. The highest BCUT2D eigenvalue weighted by Crippen LogP contribution is 2.23. The summed E-state index contributed by atoms with van der Waals surface area (Å²) in [6.45, 7) is 2.61. The summed E-state index contributed by atoms with van der Waals surface area (Å²) < 4.78 is 11.8. The summed E-state index contributed by atoms with van der Waals surface area (Å²) in [6.07, 6.45) is 8.37. The van der Waals surface area contributed by atoms with Crippen LogP contribution in [-0.4, -0.2) is 30.2 Å². The van der Waals surface area contributed by atoms with Gasteiger partial charge in [0.05, 0.1) is 17.4 Å². The van der Waals surface area contributed by atoms with Crippen molar-refractivity contribution in [1.82, 2.24) is 4.90 Å². The number of hydrogen-bond acceptors (Lipinski definition) is 5. The minimum atomic E-state index is -0.00322. The molecule has 0 unspecified atom stereocenters. The standard InChI is InChI=1S/C30H35NO4/c1-31(22-23-12-11-13-24(32)20-23)18-9-5-3-2-4-6-10-19-34-25-16-17-27-29(21-25)35-28-15-8-7-14-26(28)30(27)33/h7-8,11-17,20-21,32H,2-6,9-10,18-19,22H2,1H3. The van der Waals surface area contributed by atoms with E-state index in [4.69, 9.17) is 9.15 Å². The van der Waals surface area contributed by atoms with Gasteiger partial charge in [-0.3, -0.25) is 4.79 Å². The average molecular weight is 474 g/mol. The molecule has 1 heterocycles. The molecular weight excluding hydrogens is 438 g/mol. The Morgan fingerprint density at radius 2 is 1.54 bits per heavy atom. The first kappa shape index (κ1) is 24.8. The van der Waals surface area contributed by atoms with E-state index in [-0.39, 0.29) is 5.43 Å². The van der Waals surface area contributed by atoms with E-state index in [1.165, 1.54) is 32.1 Å². The minimum absolute atomic E-state index is 0.00322. The second kappa shape index (κ2) is 12.4. The number of fused-ring (bicyclic) bond motifs is 2. The topological polar surface area (TPSA) is 62.9 Å². The van der Waals surface area contributed by atoms with Gasteiger partial charge in [-0.25, -0.2) is 0 Å². The average Bonchev–Trinajstić information content (AvgIpc) is 2.85. The first-order chi connectivity index (χ1) is 17.1. The second-order valence-electron chi connectivity index (χ2n) is 9.32.